The molecule has 1 aromatic carbocycles. The Hall–Kier alpha value is -2.21. The summed E-state index contributed by atoms with van der Waals surface area (Å²) in [7, 11) is 0. The van der Waals surface area contributed by atoms with E-state index in [9.17, 15) is 4.79 Å². The zero-order chi connectivity index (χ0) is 14.1. The van der Waals surface area contributed by atoms with Gasteiger partial charge in [0, 0.05) is 23.6 Å². The van der Waals surface area contributed by atoms with Crippen LogP contribution in [0.3, 0.4) is 0 Å². The van der Waals surface area contributed by atoms with Crippen molar-refractivity contribution in [2.24, 2.45) is 0 Å². The summed E-state index contributed by atoms with van der Waals surface area (Å²) in [5.41, 5.74) is 0.977. The average molecular weight is 333 g/mol. The number of benzene rings is 1. The normalized spacial score (nSPS) is 10.7. The van der Waals surface area contributed by atoms with Crippen LogP contribution in [0.4, 0.5) is 0 Å². The third kappa shape index (κ3) is 2.55. The van der Waals surface area contributed by atoms with Crippen LogP contribution in [0.1, 0.15) is 5.56 Å². The lowest BCUT2D eigenvalue weighted by molar-refractivity contribution is 0.459. The lowest BCUT2D eigenvalue weighted by Gasteiger charge is -2.06. The molecule has 100 valence electrons. The van der Waals surface area contributed by atoms with Gasteiger partial charge in [0.2, 0.25) is 5.88 Å². The van der Waals surface area contributed by atoms with Crippen molar-refractivity contribution in [3.63, 3.8) is 0 Å². The Morgan fingerprint density at radius 1 is 1.20 bits per heavy atom. The van der Waals surface area contributed by atoms with Crippen LogP contribution in [0, 0.1) is 6.92 Å². The topological polar surface area (TPSA) is 65.2 Å². The van der Waals surface area contributed by atoms with Crippen LogP contribution in [0.5, 0.6) is 11.6 Å². The molecular weight excluding hydrogens is 324 g/mol. The first kappa shape index (κ1) is 12.8. The first-order valence-corrected chi connectivity index (χ1v) is 6.61. The largest absolute Gasteiger partial charge is 0.439 e. The molecule has 2 heterocycles. The average Bonchev–Trinajstić information content (AvgIpc) is 2.38. The van der Waals surface area contributed by atoms with E-state index in [1.165, 1.54) is 12.4 Å². The maximum Gasteiger partial charge on any atom is 0.336 e. The van der Waals surface area contributed by atoms with E-state index in [-0.39, 0.29) is 5.63 Å². The molecule has 0 saturated carbocycles. The highest BCUT2D eigenvalue weighted by Crippen LogP contribution is 2.26. The van der Waals surface area contributed by atoms with Gasteiger partial charge in [0.1, 0.15) is 22.3 Å². The van der Waals surface area contributed by atoms with Crippen molar-refractivity contribution in [1.82, 2.24) is 9.97 Å². The summed E-state index contributed by atoms with van der Waals surface area (Å²) < 4.78 is 11.4. The number of hydrogen-bond acceptors (Lipinski definition) is 5. The SMILES string of the molecule is Cc1cc(=O)oc2cc(Oc3cc(Br)ncn3)ccc12. The minimum atomic E-state index is -0.378. The van der Waals surface area contributed by atoms with Gasteiger partial charge in [0.25, 0.3) is 0 Å². The molecule has 5 nitrogen and oxygen atoms in total. The Balaban J connectivity index is 2.03. The smallest absolute Gasteiger partial charge is 0.336 e. The van der Waals surface area contributed by atoms with Crippen molar-refractivity contribution in [3.8, 4) is 11.6 Å². The molecule has 0 atom stereocenters. The van der Waals surface area contributed by atoms with Crippen LogP contribution >= 0.6 is 15.9 Å². The van der Waals surface area contributed by atoms with Crippen LogP contribution < -0.4 is 10.4 Å². The van der Waals surface area contributed by atoms with Crippen LogP contribution in [0.2, 0.25) is 0 Å². The van der Waals surface area contributed by atoms with Gasteiger partial charge in [-0.3, -0.25) is 0 Å². The molecule has 0 aliphatic carbocycles. The molecule has 0 unspecified atom stereocenters. The molecule has 0 amide bonds. The molecule has 0 radical (unpaired) electrons. The highest BCUT2D eigenvalue weighted by Gasteiger charge is 2.06. The molecule has 0 fully saturated rings. The fourth-order valence-electron chi connectivity index (χ4n) is 1.86. The van der Waals surface area contributed by atoms with E-state index in [2.05, 4.69) is 25.9 Å². The van der Waals surface area contributed by atoms with Crippen molar-refractivity contribution in [2.45, 2.75) is 6.92 Å². The second-order valence-corrected chi connectivity index (χ2v) is 5.00. The third-order valence-corrected chi connectivity index (χ3v) is 3.19. The zero-order valence-electron chi connectivity index (χ0n) is 10.5. The number of ether oxygens (including phenoxy) is 1. The lowest BCUT2D eigenvalue weighted by Crippen LogP contribution is -1.98. The van der Waals surface area contributed by atoms with Gasteiger partial charge in [-0.15, -0.1) is 0 Å². The van der Waals surface area contributed by atoms with Gasteiger partial charge >= 0.3 is 5.63 Å². The molecule has 3 aromatic rings. The van der Waals surface area contributed by atoms with Crippen molar-refractivity contribution in [3.05, 3.63) is 57.2 Å². The minimum Gasteiger partial charge on any atom is -0.439 e. The molecule has 3 rings (SSSR count). The van der Waals surface area contributed by atoms with Gasteiger partial charge in [0.05, 0.1) is 0 Å². The predicted molar refractivity (Wildman–Crippen MR) is 77.0 cm³/mol. The lowest BCUT2D eigenvalue weighted by atomic mass is 10.1. The maximum atomic E-state index is 11.4. The van der Waals surface area contributed by atoms with Gasteiger partial charge in [-0.1, -0.05) is 0 Å². The van der Waals surface area contributed by atoms with Gasteiger partial charge in [0.15, 0.2) is 0 Å². The Bertz CT molecular complexity index is 845. The second kappa shape index (κ2) is 5.05. The number of halogens is 1. The summed E-state index contributed by atoms with van der Waals surface area (Å²) in [6.45, 7) is 1.86. The number of rotatable bonds is 2. The number of aromatic nitrogens is 2. The first-order valence-electron chi connectivity index (χ1n) is 5.82. The molecule has 6 heteroatoms. The van der Waals surface area contributed by atoms with Crippen molar-refractivity contribution in [2.75, 3.05) is 0 Å². The number of nitrogens with zero attached hydrogens (tertiary/aromatic N) is 2. The molecular formula is C14H9BrN2O3. The Labute approximate surface area is 122 Å². The van der Waals surface area contributed by atoms with E-state index < -0.39 is 0 Å². The van der Waals surface area contributed by atoms with Crippen molar-refractivity contribution >= 4 is 26.9 Å². The van der Waals surface area contributed by atoms with Crippen LogP contribution in [0.25, 0.3) is 11.0 Å². The summed E-state index contributed by atoms with van der Waals surface area (Å²) in [4.78, 5) is 19.3. The first-order chi connectivity index (χ1) is 9.61. The van der Waals surface area contributed by atoms with E-state index in [1.807, 2.05) is 13.0 Å². The minimum absolute atomic E-state index is 0.378. The standard InChI is InChI=1S/C14H9BrN2O3/c1-8-4-14(18)20-11-5-9(2-3-10(8)11)19-13-6-12(15)16-7-17-13/h2-7H,1H3. The molecule has 0 bridgehead atoms. The molecule has 2 aromatic heterocycles. The number of aryl methyl sites for hydroxylation is 1. The summed E-state index contributed by atoms with van der Waals surface area (Å²) in [5.74, 6) is 0.943. The summed E-state index contributed by atoms with van der Waals surface area (Å²) in [6.07, 6.45) is 1.39. The molecule has 20 heavy (non-hydrogen) atoms. The van der Waals surface area contributed by atoms with Gasteiger partial charge in [-0.05, 0) is 40.5 Å². The predicted octanol–water partition coefficient (Wildman–Crippen LogP) is 3.45. The Kier molecular flexibility index (Phi) is 3.23. The molecule has 0 spiro atoms. The summed E-state index contributed by atoms with van der Waals surface area (Å²) >= 11 is 3.24. The van der Waals surface area contributed by atoms with E-state index in [1.54, 1.807) is 18.2 Å². The second-order valence-electron chi connectivity index (χ2n) is 4.19. The highest BCUT2D eigenvalue weighted by atomic mass is 79.9. The number of fused-ring (bicyclic) bond motifs is 1. The molecule has 0 saturated heterocycles. The van der Waals surface area contributed by atoms with E-state index in [0.29, 0.717) is 21.8 Å². The zero-order valence-corrected chi connectivity index (χ0v) is 12.0. The summed E-state index contributed by atoms with van der Waals surface area (Å²) in [6, 6.07) is 8.42. The monoisotopic (exact) mass is 332 g/mol. The molecule has 0 aliphatic rings. The van der Waals surface area contributed by atoms with Gasteiger partial charge in [-0.2, -0.15) is 0 Å². The van der Waals surface area contributed by atoms with Crippen molar-refractivity contribution < 1.29 is 9.15 Å². The molecule has 0 N–H and O–H groups in total. The van der Waals surface area contributed by atoms with E-state index >= 15 is 0 Å². The third-order valence-electron chi connectivity index (χ3n) is 2.75. The van der Waals surface area contributed by atoms with Gasteiger partial charge in [-0.25, -0.2) is 14.8 Å². The van der Waals surface area contributed by atoms with Crippen molar-refractivity contribution in [1.29, 1.82) is 0 Å². The Morgan fingerprint density at radius 3 is 2.85 bits per heavy atom. The fourth-order valence-corrected chi connectivity index (χ4v) is 2.15. The van der Waals surface area contributed by atoms with Gasteiger partial charge < -0.3 is 9.15 Å². The maximum absolute atomic E-state index is 11.4. The quantitative estimate of drug-likeness (QED) is 0.531. The van der Waals surface area contributed by atoms with Crippen LogP contribution in [-0.4, -0.2) is 9.97 Å². The highest BCUT2D eigenvalue weighted by molar-refractivity contribution is 9.10. The van der Waals surface area contributed by atoms with Crippen LogP contribution in [0.15, 0.2) is 50.5 Å². The van der Waals surface area contributed by atoms with E-state index in [4.69, 9.17) is 9.15 Å². The number of hydrogen-bond donors (Lipinski definition) is 0. The fraction of sp³-hybridized carbons (Fsp3) is 0.0714. The summed E-state index contributed by atoms with van der Waals surface area (Å²) in [5, 5.41) is 0.876. The van der Waals surface area contributed by atoms with Crippen LogP contribution in [-0.2, 0) is 0 Å². The Morgan fingerprint density at radius 2 is 2.05 bits per heavy atom. The van der Waals surface area contributed by atoms with E-state index in [0.717, 1.165) is 10.9 Å². The molecule has 0 aliphatic heterocycles.